The average molecular weight is 519 g/mol. The van der Waals surface area contributed by atoms with Gasteiger partial charge < -0.3 is 10.6 Å². The van der Waals surface area contributed by atoms with Crippen LogP contribution >= 0.6 is 0 Å². The molecule has 0 saturated carbocycles. The van der Waals surface area contributed by atoms with Gasteiger partial charge in [-0.05, 0) is 62.2 Å². The second-order valence-electron chi connectivity index (χ2n) is 9.02. The Morgan fingerprint density at radius 1 is 1.11 bits per heavy atom. The van der Waals surface area contributed by atoms with Gasteiger partial charge in [0.05, 0.1) is 4.90 Å². The van der Waals surface area contributed by atoms with Crippen molar-refractivity contribution in [2.24, 2.45) is 0 Å². The lowest BCUT2D eigenvalue weighted by atomic mass is 9.85. The zero-order chi connectivity index (χ0) is 26.7. The van der Waals surface area contributed by atoms with Gasteiger partial charge in [-0.3, -0.25) is 14.5 Å². The van der Waals surface area contributed by atoms with Gasteiger partial charge in [-0.25, -0.2) is 17.6 Å². The first-order chi connectivity index (χ1) is 16.9. The molecule has 36 heavy (non-hydrogen) atoms. The number of amides is 4. The fourth-order valence-electron chi connectivity index (χ4n) is 3.95. The highest BCUT2D eigenvalue weighted by Gasteiger charge is 2.52. The molecule has 4 amide bonds. The zero-order valence-corrected chi connectivity index (χ0v) is 21.6. The number of sulfonamides is 1. The molecule has 9 nitrogen and oxygen atoms in total. The van der Waals surface area contributed by atoms with Crippen LogP contribution in [-0.4, -0.2) is 55.1 Å². The van der Waals surface area contributed by atoms with E-state index in [0.717, 1.165) is 11.3 Å². The summed E-state index contributed by atoms with van der Waals surface area (Å²) in [5.74, 6) is -1.67. The molecule has 0 aliphatic carbocycles. The Hall–Kier alpha value is -3.31. The fourth-order valence-corrected chi connectivity index (χ4v) is 5.32. The summed E-state index contributed by atoms with van der Waals surface area (Å²) >= 11 is 0. The van der Waals surface area contributed by atoms with Gasteiger partial charge in [-0.15, -0.1) is 0 Å². The number of nitrogens with one attached hydrogen (secondary N) is 2. The summed E-state index contributed by atoms with van der Waals surface area (Å²) in [6.07, 6.45) is 1.70. The second-order valence-corrected chi connectivity index (χ2v) is 11.0. The number of imide groups is 1. The lowest BCUT2D eigenvalue weighted by Gasteiger charge is -2.27. The fraction of sp³-hybridized carbons (Fsp3) is 0.400. The van der Waals surface area contributed by atoms with Gasteiger partial charge in [-0.1, -0.05) is 31.9 Å². The highest BCUT2D eigenvalue weighted by Crippen LogP contribution is 2.34. The molecule has 1 aliphatic rings. The number of urea groups is 1. The summed E-state index contributed by atoms with van der Waals surface area (Å²) in [6, 6.07) is 10.1. The molecule has 1 heterocycles. The number of hydrogen-bond donors (Lipinski definition) is 2. The molecular weight excluding hydrogens is 487 g/mol. The summed E-state index contributed by atoms with van der Waals surface area (Å²) in [6.45, 7) is 4.93. The number of carbonyl (C=O) groups excluding carboxylic acids is 3. The van der Waals surface area contributed by atoms with E-state index in [1.54, 1.807) is 13.8 Å². The standard InChI is InChI=1S/C25H31FN4O5S/c1-5-6-15-25(18-7-9-19(26)10-8-18)23(32)30(24(33)28-25)16-22(31)27-20-11-13-21(14-12-20)36(34,35)29(4)17(2)3/h7-14,17H,5-6,15-16H2,1-4H3,(H,27,31)(H,28,33). The molecule has 0 bridgehead atoms. The number of hydrogen-bond acceptors (Lipinski definition) is 5. The van der Waals surface area contributed by atoms with Crippen molar-refractivity contribution < 1.29 is 27.2 Å². The Labute approximate surface area is 210 Å². The first-order valence-electron chi connectivity index (χ1n) is 11.7. The highest BCUT2D eigenvalue weighted by molar-refractivity contribution is 7.89. The Morgan fingerprint density at radius 3 is 2.28 bits per heavy atom. The number of halogens is 1. The predicted octanol–water partition coefficient (Wildman–Crippen LogP) is 3.43. The van der Waals surface area contributed by atoms with E-state index in [0.29, 0.717) is 24.1 Å². The molecule has 1 fully saturated rings. The second kappa shape index (κ2) is 10.8. The molecule has 0 aromatic heterocycles. The quantitative estimate of drug-likeness (QED) is 0.468. The van der Waals surface area contributed by atoms with E-state index < -0.39 is 45.8 Å². The van der Waals surface area contributed by atoms with Crippen LogP contribution in [0.25, 0.3) is 0 Å². The molecule has 0 radical (unpaired) electrons. The largest absolute Gasteiger partial charge is 0.325 e. The van der Waals surface area contributed by atoms with E-state index in [2.05, 4.69) is 10.6 Å². The van der Waals surface area contributed by atoms with Crippen LogP contribution in [0, 0.1) is 5.82 Å². The lowest BCUT2D eigenvalue weighted by Crippen LogP contribution is -2.44. The van der Waals surface area contributed by atoms with Gasteiger partial charge >= 0.3 is 6.03 Å². The van der Waals surface area contributed by atoms with Crippen molar-refractivity contribution in [1.82, 2.24) is 14.5 Å². The number of carbonyl (C=O) groups is 3. The van der Waals surface area contributed by atoms with Crippen molar-refractivity contribution in [1.29, 1.82) is 0 Å². The molecule has 11 heteroatoms. The predicted molar refractivity (Wildman–Crippen MR) is 133 cm³/mol. The van der Waals surface area contributed by atoms with Crippen molar-refractivity contribution in [3.63, 3.8) is 0 Å². The molecule has 1 unspecified atom stereocenters. The van der Waals surface area contributed by atoms with Crippen LogP contribution in [0.2, 0.25) is 0 Å². The summed E-state index contributed by atoms with van der Waals surface area (Å²) in [5, 5.41) is 5.30. The SMILES string of the molecule is CCCCC1(c2ccc(F)cc2)NC(=O)N(CC(=O)Nc2ccc(S(=O)(=O)N(C)C(C)C)cc2)C1=O. The van der Waals surface area contributed by atoms with Crippen LogP contribution in [-0.2, 0) is 25.2 Å². The maximum atomic E-state index is 13.5. The average Bonchev–Trinajstić information content (AvgIpc) is 3.07. The monoisotopic (exact) mass is 518 g/mol. The molecular formula is C25H31FN4O5S. The first kappa shape index (κ1) is 27.3. The Balaban J connectivity index is 1.75. The molecule has 194 valence electrons. The van der Waals surface area contributed by atoms with Crippen molar-refractivity contribution >= 4 is 33.6 Å². The molecule has 2 aromatic carbocycles. The van der Waals surface area contributed by atoms with E-state index in [1.165, 1.54) is 59.9 Å². The van der Waals surface area contributed by atoms with Crippen LogP contribution in [0.5, 0.6) is 0 Å². The van der Waals surface area contributed by atoms with Crippen LogP contribution in [0.1, 0.15) is 45.6 Å². The van der Waals surface area contributed by atoms with E-state index in [1.807, 2.05) is 6.92 Å². The summed E-state index contributed by atoms with van der Waals surface area (Å²) in [7, 11) is -2.19. The minimum Gasteiger partial charge on any atom is -0.325 e. The summed E-state index contributed by atoms with van der Waals surface area (Å²) in [5.41, 5.74) is -0.616. The number of nitrogens with zero attached hydrogens (tertiary/aromatic N) is 2. The minimum atomic E-state index is -3.68. The smallest absolute Gasteiger partial charge is 0.325 e. The Morgan fingerprint density at radius 2 is 1.72 bits per heavy atom. The van der Waals surface area contributed by atoms with Crippen molar-refractivity contribution in [2.75, 3.05) is 18.9 Å². The van der Waals surface area contributed by atoms with Crippen molar-refractivity contribution in [3.8, 4) is 0 Å². The van der Waals surface area contributed by atoms with Gasteiger partial charge in [0.15, 0.2) is 0 Å². The number of anilines is 1. The normalized spacial score (nSPS) is 18.1. The van der Waals surface area contributed by atoms with Gasteiger partial charge in [-0.2, -0.15) is 4.31 Å². The summed E-state index contributed by atoms with van der Waals surface area (Å²) in [4.78, 5) is 39.7. The van der Waals surface area contributed by atoms with E-state index in [4.69, 9.17) is 0 Å². The Bertz CT molecular complexity index is 1230. The number of benzene rings is 2. The van der Waals surface area contributed by atoms with Crippen LogP contribution < -0.4 is 10.6 Å². The third-order valence-corrected chi connectivity index (χ3v) is 8.31. The highest BCUT2D eigenvalue weighted by atomic mass is 32.2. The topological polar surface area (TPSA) is 116 Å². The van der Waals surface area contributed by atoms with Crippen molar-refractivity contribution in [3.05, 3.63) is 59.9 Å². The summed E-state index contributed by atoms with van der Waals surface area (Å²) < 4.78 is 39.9. The van der Waals surface area contributed by atoms with Crippen LogP contribution in [0.3, 0.4) is 0 Å². The molecule has 2 N–H and O–H groups in total. The van der Waals surface area contributed by atoms with Gasteiger partial charge in [0, 0.05) is 18.8 Å². The van der Waals surface area contributed by atoms with E-state index >= 15 is 0 Å². The maximum Gasteiger partial charge on any atom is 0.325 e. The zero-order valence-electron chi connectivity index (χ0n) is 20.7. The van der Waals surface area contributed by atoms with Gasteiger partial charge in [0.1, 0.15) is 17.9 Å². The van der Waals surface area contributed by atoms with E-state index in [9.17, 15) is 27.2 Å². The molecule has 1 aliphatic heterocycles. The minimum absolute atomic E-state index is 0.0748. The van der Waals surface area contributed by atoms with Crippen LogP contribution in [0.15, 0.2) is 53.4 Å². The molecule has 3 rings (SSSR count). The number of rotatable bonds is 10. The maximum absolute atomic E-state index is 13.5. The lowest BCUT2D eigenvalue weighted by molar-refractivity contribution is -0.134. The van der Waals surface area contributed by atoms with Crippen LogP contribution in [0.4, 0.5) is 14.9 Å². The first-order valence-corrected chi connectivity index (χ1v) is 13.1. The molecule has 2 aromatic rings. The molecule has 1 atom stereocenters. The van der Waals surface area contributed by atoms with Crippen molar-refractivity contribution in [2.45, 2.75) is 56.5 Å². The Kier molecular flexibility index (Phi) is 8.15. The molecule has 0 spiro atoms. The van der Waals surface area contributed by atoms with E-state index in [-0.39, 0.29) is 10.9 Å². The third-order valence-electron chi connectivity index (χ3n) is 6.26. The van der Waals surface area contributed by atoms with Gasteiger partial charge in [0.2, 0.25) is 15.9 Å². The third kappa shape index (κ3) is 5.41. The number of unbranched alkanes of at least 4 members (excludes halogenated alkanes) is 1. The molecule has 1 saturated heterocycles. The van der Waals surface area contributed by atoms with Gasteiger partial charge in [0.25, 0.3) is 5.91 Å².